The first-order valence-electron chi connectivity index (χ1n) is 6.87. The first-order chi connectivity index (χ1) is 8.94. The van der Waals surface area contributed by atoms with Crippen LogP contribution in [0.5, 0.6) is 0 Å². The molecule has 0 saturated heterocycles. The summed E-state index contributed by atoms with van der Waals surface area (Å²) in [5.74, 6) is 0.329. The number of hydrogen-bond acceptors (Lipinski definition) is 3. The molecule has 108 valence electrons. The molecule has 4 heteroatoms. The fourth-order valence-corrected chi connectivity index (χ4v) is 4.99. The third kappa shape index (κ3) is 4.05. The minimum absolute atomic E-state index is 0.0780. The van der Waals surface area contributed by atoms with Crippen LogP contribution in [0.15, 0.2) is 30.3 Å². The van der Waals surface area contributed by atoms with Gasteiger partial charge in [-0.3, -0.25) is 0 Å². The second-order valence-corrected chi connectivity index (χ2v) is 7.53. The highest BCUT2D eigenvalue weighted by atomic mass is 32.2. The average molecular weight is 283 g/mol. The van der Waals surface area contributed by atoms with Crippen molar-refractivity contribution in [1.82, 2.24) is 5.32 Å². The summed E-state index contributed by atoms with van der Waals surface area (Å²) in [5.41, 5.74) is 1.03. The van der Waals surface area contributed by atoms with Crippen molar-refractivity contribution in [3.05, 3.63) is 35.9 Å². The standard InChI is InChI=1S/C15H25NO2S/c1-5-11-19(17,18)15(12(2)3)14(16-4)13-9-7-6-8-10-13/h6-10,12,14-16H,5,11H2,1-4H3. The fourth-order valence-electron chi connectivity index (χ4n) is 2.61. The van der Waals surface area contributed by atoms with Crippen molar-refractivity contribution in [3.63, 3.8) is 0 Å². The lowest BCUT2D eigenvalue weighted by Crippen LogP contribution is -2.40. The van der Waals surface area contributed by atoms with E-state index in [0.717, 1.165) is 5.56 Å². The maximum Gasteiger partial charge on any atom is 0.155 e. The maximum atomic E-state index is 12.5. The predicted octanol–water partition coefficient (Wildman–Crippen LogP) is 2.80. The van der Waals surface area contributed by atoms with Gasteiger partial charge >= 0.3 is 0 Å². The summed E-state index contributed by atoms with van der Waals surface area (Å²) in [6.07, 6.45) is 0.663. The number of nitrogens with one attached hydrogen (secondary N) is 1. The predicted molar refractivity (Wildman–Crippen MR) is 80.9 cm³/mol. The summed E-state index contributed by atoms with van der Waals surface area (Å²) in [4.78, 5) is 0. The number of sulfone groups is 1. The van der Waals surface area contributed by atoms with Crippen LogP contribution in [0.25, 0.3) is 0 Å². The Balaban J connectivity index is 3.17. The van der Waals surface area contributed by atoms with E-state index in [4.69, 9.17) is 0 Å². The second-order valence-electron chi connectivity index (χ2n) is 5.25. The van der Waals surface area contributed by atoms with Gasteiger partial charge in [0.15, 0.2) is 9.84 Å². The van der Waals surface area contributed by atoms with Crippen LogP contribution >= 0.6 is 0 Å². The van der Waals surface area contributed by atoms with Crippen LogP contribution < -0.4 is 5.32 Å². The van der Waals surface area contributed by atoms with Gasteiger partial charge in [0.2, 0.25) is 0 Å². The molecule has 0 fully saturated rings. The van der Waals surface area contributed by atoms with Gasteiger partial charge in [-0.05, 0) is 24.9 Å². The van der Waals surface area contributed by atoms with E-state index in [1.807, 2.05) is 58.2 Å². The van der Waals surface area contributed by atoms with Crippen molar-refractivity contribution in [1.29, 1.82) is 0 Å². The molecule has 2 unspecified atom stereocenters. The molecule has 1 rings (SSSR count). The maximum absolute atomic E-state index is 12.5. The molecule has 0 radical (unpaired) electrons. The molecule has 19 heavy (non-hydrogen) atoms. The lowest BCUT2D eigenvalue weighted by molar-refractivity contribution is 0.441. The van der Waals surface area contributed by atoms with Gasteiger partial charge in [0.1, 0.15) is 0 Å². The van der Waals surface area contributed by atoms with Crippen molar-refractivity contribution in [2.24, 2.45) is 5.92 Å². The van der Waals surface area contributed by atoms with E-state index in [-0.39, 0.29) is 23.0 Å². The van der Waals surface area contributed by atoms with Crippen molar-refractivity contribution in [3.8, 4) is 0 Å². The van der Waals surface area contributed by atoms with Crippen LogP contribution in [0.4, 0.5) is 0 Å². The highest BCUT2D eigenvalue weighted by molar-refractivity contribution is 7.92. The molecule has 0 aromatic heterocycles. The van der Waals surface area contributed by atoms with Crippen LogP contribution in [0.1, 0.15) is 38.8 Å². The molecule has 0 heterocycles. The monoisotopic (exact) mass is 283 g/mol. The Morgan fingerprint density at radius 3 is 2.16 bits per heavy atom. The van der Waals surface area contributed by atoms with E-state index < -0.39 is 9.84 Å². The normalized spacial score (nSPS) is 15.4. The van der Waals surface area contributed by atoms with Gasteiger partial charge in [0, 0.05) is 6.04 Å². The van der Waals surface area contributed by atoms with Gasteiger partial charge in [-0.15, -0.1) is 0 Å². The summed E-state index contributed by atoms with van der Waals surface area (Å²) < 4.78 is 25.0. The highest BCUT2D eigenvalue weighted by Crippen LogP contribution is 2.28. The summed E-state index contributed by atoms with van der Waals surface area (Å²) in [5, 5.41) is 2.80. The fraction of sp³-hybridized carbons (Fsp3) is 0.600. The number of benzene rings is 1. The lowest BCUT2D eigenvalue weighted by Gasteiger charge is -2.30. The van der Waals surface area contributed by atoms with Crippen molar-refractivity contribution in [2.45, 2.75) is 38.5 Å². The molecule has 1 aromatic carbocycles. The molecule has 0 aliphatic heterocycles. The molecule has 0 saturated carbocycles. The summed E-state index contributed by atoms with van der Waals surface area (Å²) >= 11 is 0. The Kier molecular flexibility index (Phi) is 6.01. The van der Waals surface area contributed by atoms with E-state index in [1.54, 1.807) is 0 Å². The lowest BCUT2D eigenvalue weighted by atomic mass is 9.96. The Morgan fingerprint density at radius 2 is 1.74 bits per heavy atom. The summed E-state index contributed by atoms with van der Waals surface area (Å²) in [7, 11) is -1.27. The smallest absolute Gasteiger partial charge is 0.155 e. The Hall–Kier alpha value is -0.870. The zero-order chi connectivity index (χ0) is 14.5. The van der Waals surface area contributed by atoms with E-state index in [0.29, 0.717) is 6.42 Å². The van der Waals surface area contributed by atoms with Crippen LogP contribution in [-0.4, -0.2) is 26.5 Å². The summed E-state index contributed by atoms with van der Waals surface area (Å²) in [6, 6.07) is 9.65. The highest BCUT2D eigenvalue weighted by Gasteiger charge is 2.35. The minimum Gasteiger partial charge on any atom is -0.312 e. The molecule has 0 aliphatic rings. The van der Waals surface area contributed by atoms with Gasteiger partial charge in [-0.25, -0.2) is 8.42 Å². The number of rotatable bonds is 7. The zero-order valence-corrected chi connectivity index (χ0v) is 13.1. The van der Waals surface area contributed by atoms with Crippen molar-refractivity contribution in [2.75, 3.05) is 12.8 Å². The van der Waals surface area contributed by atoms with E-state index in [9.17, 15) is 8.42 Å². The first kappa shape index (κ1) is 16.2. The molecule has 0 aliphatic carbocycles. The molecule has 0 amide bonds. The molecule has 1 N–H and O–H groups in total. The molecular weight excluding hydrogens is 258 g/mol. The first-order valence-corrected chi connectivity index (χ1v) is 8.59. The summed E-state index contributed by atoms with van der Waals surface area (Å²) in [6.45, 7) is 5.86. The molecule has 1 aromatic rings. The van der Waals surface area contributed by atoms with Crippen molar-refractivity contribution < 1.29 is 8.42 Å². The van der Waals surface area contributed by atoms with E-state index in [1.165, 1.54) is 0 Å². The molecule has 0 spiro atoms. The minimum atomic E-state index is -3.09. The zero-order valence-electron chi connectivity index (χ0n) is 12.3. The largest absolute Gasteiger partial charge is 0.312 e. The molecule has 0 bridgehead atoms. The van der Waals surface area contributed by atoms with E-state index in [2.05, 4.69) is 5.32 Å². The third-order valence-corrected chi connectivity index (χ3v) is 5.98. The van der Waals surface area contributed by atoms with Gasteiger partial charge in [0.05, 0.1) is 11.0 Å². The SMILES string of the molecule is CCCS(=O)(=O)C(C(C)C)C(NC)c1ccccc1. The van der Waals surface area contributed by atoms with Crippen LogP contribution in [0.2, 0.25) is 0 Å². The Bertz CT molecular complexity index is 468. The van der Waals surface area contributed by atoms with Gasteiger partial charge < -0.3 is 5.32 Å². The van der Waals surface area contributed by atoms with Gasteiger partial charge in [-0.2, -0.15) is 0 Å². The van der Waals surface area contributed by atoms with Crippen molar-refractivity contribution >= 4 is 9.84 Å². The Labute approximate surface area is 117 Å². The number of hydrogen-bond donors (Lipinski definition) is 1. The van der Waals surface area contributed by atoms with Gasteiger partial charge in [0.25, 0.3) is 0 Å². The third-order valence-electron chi connectivity index (χ3n) is 3.36. The van der Waals surface area contributed by atoms with Crippen LogP contribution in [0.3, 0.4) is 0 Å². The second kappa shape index (κ2) is 7.06. The van der Waals surface area contributed by atoms with Crippen LogP contribution in [-0.2, 0) is 9.84 Å². The molecule has 3 nitrogen and oxygen atoms in total. The quantitative estimate of drug-likeness (QED) is 0.837. The molecular formula is C15H25NO2S. The topological polar surface area (TPSA) is 46.2 Å². The molecule has 2 atom stereocenters. The van der Waals surface area contributed by atoms with Crippen LogP contribution in [0, 0.1) is 5.92 Å². The average Bonchev–Trinajstić information content (AvgIpc) is 2.35. The van der Waals surface area contributed by atoms with E-state index >= 15 is 0 Å². The van der Waals surface area contributed by atoms with Gasteiger partial charge in [-0.1, -0.05) is 51.1 Å². The Morgan fingerprint density at radius 1 is 1.16 bits per heavy atom.